The Bertz CT molecular complexity index is 731. The molecule has 0 bridgehead atoms. The Morgan fingerprint density at radius 3 is 2.55 bits per heavy atom. The largest absolute Gasteiger partial charge is 0.481 e. The van der Waals surface area contributed by atoms with Gasteiger partial charge in [0.25, 0.3) is 0 Å². The summed E-state index contributed by atoms with van der Waals surface area (Å²) in [4.78, 5) is 23.3. The Labute approximate surface area is 129 Å². The van der Waals surface area contributed by atoms with Crippen LogP contribution < -0.4 is 0 Å². The molecule has 3 heteroatoms. The molecule has 22 heavy (non-hydrogen) atoms. The predicted octanol–water partition coefficient (Wildman–Crippen LogP) is 3.42. The standard InChI is InChI=1S/C19H18O3/c20-18(21)7-3-4-13-8-11-17-15(12-13)10-9-14-5-1-2-6-16(14)19(17)22/h1-2,5-6,8,11-12H,3-4,7,9-10H2,(H,20,21). The van der Waals surface area contributed by atoms with E-state index in [1.165, 1.54) is 0 Å². The van der Waals surface area contributed by atoms with Gasteiger partial charge in [-0.05, 0) is 42.4 Å². The lowest BCUT2D eigenvalue weighted by Crippen LogP contribution is -2.04. The molecule has 0 amide bonds. The third-order valence-corrected chi connectivity index (χ3v) is 4.20. The first-order valence-electron chi connectivity index (χ1n) is 7.61. The van der Waals surface area contributed by atoms with Gasteiger partial charge in [-0.1, -0.05) is 42.5 Å². The highest BCUT2D eigenvalue weighted by Crippen LogP contribution is 2.25. The summed E-state index contributed by atoms with van der Waals surface area (Å²) in [6, 6.07) is 13.7. The van der Waals surface area contributed by atoms with Crippen LogP contribution in [0.4, 0.5) is 0 Å². The van der Waals surface area contributed by atoms with Gasteiger partial charge in [0.2, 0.25) is 0 Å². The fraction of sp³-hybridized carbons (Fsp3) is 0.263. The number of fused-ring (bicyclic) bond motifs is 2. The Morgan fingerprint density at radius 1 is 1.00 bits per heavy atom. The van der Waals surface area contributed by atoms with Crippen molar-refractivity contribution in [2.45, 2.75) is 32.1 Å². The van der Waals surface area contributed by atoms with E-state index >= 15 is 0 Å². The second kappa shape index (κ2) is 6.14. The third-order valence-electron chi connectivity index (χ3n) is 4.20. The highest BCUT2D eigenvalue weighted by molar-refractivity contribution is 6.11. The van der Waals surface area contributed by atoms with Crippen LogP contribution in [0.5, 0.6) is 0 Å². The monoisotopic (exact) mass is 294 g/mol. The van der Waals surface area contributed by atoms with E-state index in [1.807, 2.05) is 36.4 Å². The molecule has 0 saturated carbocycles. The quantitative estimate of drug-likeness (QED) is 0.940. The number of carbonyl (C=O) groups is 2. The van der Waals surface area contributed by atoms with Crippen molar-refractivity contribution in [1.82, 2.24) is 0 Å². The molecule has 3 nitrogen and oxygen atoms in total. The number of ketones is 1. The van der Waals surface area contributed by atoms with Gasteiger partial charge in [0.1, 0.15) is 0 Å². The van der Waals surface area contributed by atoms with E-state index in [0.29, 0.717) is 6.42 Å². The minimum atomic E-state index is -0.764. The molecule has 0 saturated heterocycles. The number of benzene rings is 2. The lowest BCUT2D eigenvalue weighted by atomic mass is 9.96. The van der Waals surface area contributed by atoms with Gasteiger partial charge >= 0.3 is 5.97 Å². The van der Waals surface area contributed by atoms with Crippen molar-refractivity contribution in [3.05, 3.63) is 70.3 Å². The summed E-state index contributed by atoms with van der Waals surface area (Å²) in [6.45, 7) is 0. The van der Waals surface area contributed by atoms with Gasteiger partial charge in [0, 0.05) is 17.5 Å². The average molecular weight is 294 g/mol. The van der Waals surface area contributed by atoms with Crippen LogP contribution in [-0.2, 0) is 24.1 Å². The molecule has 1 aliphatic carbocycles. The van der Waals surface area contributed by atoms with Gasteiger partial charge in [0.15, 0.2) is 5.78 Å². The minimum absolute atomic E-state index is 0.0974. The van der Waals surface area contributed by atoms with Crippen LogP contribution in [0.15, 0.2) is 42.5 Å². The lowest BCUT2D eigenvalue weighted by molar-refractivity contribution is -0.137. The summed E-state index contributed by atoms with van der Waals surface area (Å²) in [7, 11) is 0. The van der Waals surface area contributed by atoms with Crippen LogP contribution in [0.3, 0.4) is 0 Å². The number of hydrogen-bond donors (Lipinski definition) is 1. The summed E-state index contributed by atoms with van der Waals surface area (Å²) in [5.74, 6) is -0.666. The Balaban J connectivity index is 1.85. The topological polar surface area (TPSA) is 54.4 Å². The van der Waals surface area contributed by atoms with Crippen molar-refractivity contribution < 1.29 is 14.7 Å². The molecule has 0 unspecified atom stereocenters. The average Bonchev–Trinajstić information content (AvgIpc) is 2.65. The number of carboxylic acids is 1. The second-order valence-corrected chi connectivity index (χ2v) is 5.73. The zero-order valence-electron chi connectivity index (χ0n) is 12.3. The Hall–Kier alpha value is -2.42. The van der Waals surface area contributed by atoms with Crippen molar-refractivity contribution >= 4 is 11.8 Å². The van der Waals surface area contributed by atoms with Crippen LogP contribution in [0.1, 0.15) is 45.5 Å². The van der Waals surface area contributed by atoms with Gasteiger partial charge in [-0.25, -0.2) is 0 Å². The van der Waals surface area contributed by atoms with Gasteiger partial charge in [-0.15, -0.1) is 0 Å². The molecular formula is C19H18O3. The van der Waals surface area contributed by atoms with Gasteiger partial charge in [-0.2, -0.15) is 0 Å². The molecule has 0 atom stereocenters. The highest BCUT2D eigenvalue weighted by atomic mass is 16.4. The fourth-order valence-corrected chi connectivity index (χ4v) is 3.05. The maximum absolute atomic E-state index is 12.7. The minimum Gasteiger partial charge on any atom is -0.481 e. The molecule has 3 rings (SSSR count). The molecule has 0 aliphatic heterocycles. The number of hydrogen-bond acceptors (Lipinski definition) is 2. The third kappa shape index (κ3) is 2.93. The highest BCUT2D eigenvalue weighted by Gasteiger charge is 2.20. The molecule has 112 valence electrons. The van der Waals surface area contributed by atoms with Crippen LogP contribution in [0, 0.1) is 0 Å². The summed E-state index contributed by atoms with van der Waals surface area (Å²) in [5, 5.41) is 8.71. The molecule has 1 N–H and O–H groups in total. The Morgan fingerprint density at radius 2 is 1.73 bits per heavy atom. The van der Waals surface area contributed by atoms with Gasteiger partial charge in [-0.3, -0.25) is 9.59 Å². The summed E-state index contributed by atoms with van der Waals surface area (Å²) in [5.41, 5.74) is 4.88. The molecule has 0 aromatic heterocycles. The second-order valence-electron chi connectivity index (χ2n) is 5.73. The molecule has 0 fully saturated rings. The molecule has 2 aromatic carbocycles. The van der Waals surface area contributed by atoms with Crippen molar-refractivity contribution in [3.63, 3.8) is 0 Å². The first-order valence-corrected chi connectivity index (χ1v) is 7.61. The molecule has 0 spiro atoms. The van der Waals surface area contributed by atoms with Crippen molar-refractivity contribution in [3.8, 4) is 0 Å². The molecule has 1 aliphatic rings. The first-order chi connectivity index (χ1) is 10.6. The maximum atomic E-state index is 12.7. The Kier molecular flexibility index (Phi) is 4.05. The van der Waals surface area contributed by atoms with E-state index in [-0.39, 0.29) is 12.2 Å². The summed E-state index contributed by atoms with van der Waals surface area (Å²) < 4.78 is 0. The fourth-order valence-electron chi connectivity index (χ4n) is 3.05. The van der Waals surface area contributed by atoms with Crippen molar-refractivity contribution in [2.75, 3.05) is 0 Å². The molecule has 0 heterocycles. The van der Waals surface area contributed by atoms with Crippen LogP contribution in [0.2, 0.25) is 0 Å². The van der Waals surface area contributed by atoms with Crippen LogP contribution in [0.25, 0.3) is 0 Å². The normalized spacial score (nSPS) is 13.2. The van der Waals surface area contributed by atoms with Crippen molar-refractivity contribution in [1.29, 1.82) is 0 Å². The number of carbonyl (C=O) groups excluding carboxylic acids is 1. The van der Waals surface area contributed by atoms with Crippen LogP contribution >= 0.6 is 0 Å². The zero-order valence-corrected chi connectivity index (χ0v) is 12.3. The molecule has 2 aromatic rings. The molecular weight excluding hydrogens is 276 g/mol. The number of aliphatic carboxylic acids is 1. The number of rotatable bonds is 4. The SMILES string of the molecule is O=C(O)CCCc1ccc2c(c1)CCc1ccccc1C2=O. The van der Waals surface area contributed by atoms with Gasteiger partial charge < -0.3 is 5.11 Å². The van der Waals surface area contributed by atoms with E-state index in [4.69, 9.17) is 5.11 Å². The zero-order chi connectivity index (χ0) is 15.5. The first kappa shape index (κ1) is 14.5. The maximum Gasteiger partial charge on any atom is 0.303 e. The van der Waals surface area contributed by atoms with E-state index < -0.39 is 5.97 Å². The lowest BCUT2D eigenvalue weighted by Gasteiger charge is -2.08. The van der Waals surface area contributed by atoms with E-state index in [1.54, 1.807) is 0 Å². The number of carboxylic acid groups (broad SMARTS) is 1. The van der Waals surface area contributed by atoms with Crippen molar-refractivity contribution in [2.24, 2.45) is 0 Å². The van der Waals surface area contributed by atoms with Gasteiger partial charge in [0.05, 0.1) is 0 Å². The smallest absolute Gasteiger partial charge is 0.303 e. The van der Waals surface area contributed by atoms with E-state index in [9.17, 15) is 9.59 Å². The van der Waals surface area contributed by atoms with E-state index in [2.05, 4.69) is 6.07 Å². The van der Waals surface area contributed by atoms with E-state index in [0.717, 1.165) is 47.1 Å². The van der Waals surface area contributed by atoms with Crippen LogP contribution in [-0.4, -0.2) is 16.9 Å². The summed E-state index contributed by atoms with van der Waals surface area (Å²) >= 11 is 0. The predicted molar refractivity (Wildman–Crippen MR) is 84.3 cm³/mol. The summed E-state index contributed by atoms with van der Waals surface area (Å²) in [6.07, 6.45) is 3.27. The molecule has 0 radical (unpaired) electrons. The number of aryl methyl sites for hydroxylation is 3.